The van der Waals surface area contributed by atoms with Gasteiger partial charge in [0.1, 0.15) is 0 Å². The number of carboxylic acids is 1. The van der Waals surface area contributed by atoms with Gasteiger partial charge in [-0.1, -0.05) is 6.92 Å². The molecular formula is C12H15FN2O3. The van der Waals surface area contributed by atoms with Crippen LogP contribution in [0.25, 0.3) is 0 Å². The summed E-state index contributed by atoms with van der Waals surface area (Å²) in [4.78, 5) is 25.5. The molecule has 1 unspecified atom stereocenters. The number of carbonyl (C=O) groups is 2. The van der Waals surface area contributed by atoms with Crippen LogP contribution < -0.4 is 5.32 Å². The number of rotatable bonds is 6. The summed E-state index contributed by atoms with van der Waals surface area (Å²) in [7, 11) is 0. The Morgan fingerprint density at radius 2 is 2.28 bits per heavy atom. The van der Waals surface area contributed by atoms with Crippen LogP contribution >= 0.6 is 0 Å². The van der Waals surface area contributed by atoms with Crippen molar-refractivity contribution in [3.05, 3.63) is 29.8 Å². The van der Waals surface area contributed by atoms with Gasteiger partial charge < -0.3 is 10.4 Å². The molecule has 18 heavy (non-hydrogen) atoms. The number of aromatic nitrogens is 1. The first kappa shape index (κ1) is 14.1. The molecule has 0 saturated carbocycles. The zero-order valence-corrected chi connectivity index (χ0v) is 10.0. The van der Waals surface area contributed by atoms with Gasteiger partial charge in [-0.15, -0.1) is 0 Å². The van der Waals surface area contributed by atoms with Crippen LogP contribution in [0.15, 0.2) is 18.5 Å². The molecule has 0 bridgehead atoms. The molecule has 0 saturated heterocycles. The summed E-state index contributed by atoms with van der Waals surface area (Å²) in [6.07, 6.45) is 2.84. The van der Waals surface area contributed by atoms with Crippen LogP contribution in [0.2, 0.25) is 0 Å². The third-order valence-corrected chi connectivity index (χ3v) is 2.48. The van der Waals surface area contributed by atoms with E-state index >= 15 is 0 Å². The van der Waals surface area contributed by atoms with E-state index in [0.29, 0.717) is 13.0 Å². The molecule has 1 amide bonds. The number of carbonyl (C=O) groups excluding carboxylic acids is 1. The fourth-order valence-corrected chi connectivity index (χ4v) is 1.39. The second-order valence-corrected chi connectivity index (χ2v) is 4.10. The molecule has 1 aromatic heterocycles. The highest BCUT2D eigenvalue weighted by Gasteiger charge is 2.12. The monoisotopic (exact) mass is 254 g/mol. The number of pyridine rings is 1. The number of nitrogens with one attached hydrogen (secondary N) is 1. The van der Waals surface area contributed by atoms with Crippen molar-refractivity contribution in [3.63, 3.8) is 0 Å². The van der Waals surface area contributed by atoms with E-state index in [1.165, 1.54) is 12.3 Å². The second-order valence-electron chi connectivity index (χ2n) is 4.10. The van der Waals surface area contributed by atoms with Gasteiger partial charge in [-0.05, 0) is 18.4 Å². The van der Waals surface area contributed by atoms with Gasteiger partial charge in [-0.3, -0.25) is 14.6 Å². The topological polar surface area (TPSA) is 79.3 Å². The summed E-state index contributed by atoms with van der Waals surface area (Å²) in [5.41, 5.74) is -0.0598. The van der Waals surface area contributed by atoms with E-state index in [9.17, 15) is 14.0 Å². The Hall–Kier alpha value is -1.98. The molecule has 1 atom stereocenters. The maximum absolute atomic E-state index is 13.2. The number of hydrogen-bond donors (Lipinski definition) is 2. The predicted molar refractivity (Wildman–Crippen MR) is 62.6 cm³/mol. The van der Waals surface area contributed by atoms with Gasteiger partial charge in [0.2, 0.25) is 0 Å². The first-order valence-corrected chi connectivity index (χ1v) is 5.60. The molecule has 0 aliphatic heterocycles. The minimum atomic E-state index is -0.867. The Labute approximate surface area is 104 Å². The van der Waals surface area contributed by atoms with E-state index in [1.54, 1.807) is 0 Å². The fraction of sp³-hybridized carbons (Fsp3) is 0.417. The van der Waals surface area contributed by atoms with Crippen molar-refractivity contribution in [3.8, 4) is 0 Å². The minimum Gasteiger partial charge on any atom is -0.481 e. The third kappa shape index (κ3) is 4.48. The van der Waals surface area contributed by atoms with Gasteiger partial charge in [0, 0.05) is 19.2 Å². The maximum atomic E-state index is 13.2. The van der Waals surface area contributed by atoms with Crippen LogP contribution in [0.3, 0.4) is 0 Å². The van der Waals surface area contributed by atoms with E-state index < -0.39 is 17.7 Å². The lowest BCUT2D eigenvalue weighted by molar-refractivity contribution is -0.137. The summed E-state index contributed by atoms with van der Waals surface area (Å²) in [5, 5.41) is 11.1. The van der Waals surface area contributed by atoms with Crippen molar-refractivity contribution < 1.29 is 19.1 Å². The molecule has 1 heterocycles. The van der Waals surface area contributed by atoms with Crippen LogP contribution in [0.5, 0.6) is 0 Å². The molecule has 0 aliphatic carbocycles. The van der Waals surface area contributed by atoms with E-state index in [0.717, 1.165) is 6.20 Å². The minimum absolute atomic E-state index is 0.0231. The molecule has 0 aliphatic rings. The van der Waals surface area contributed by atoms with E-state index in [-0.39, 0.29) is 17.9 Å². The highest BCUT2D eigenvalue weighted by molar-refractivity contribution is 5.94. The molecule has 98 valence electrons. The molecule has 5 nitrogen and oxygen atoms in total. The molecule has 0 aromatic carbocycles. The highest BCUT2D eigenvalue weighted by atomic mass is 19.1. The van der Waals surface area contributed by atoms with Gasteiger partial charge in [-0.2, -0.15) is 0 Å². The predicted octanol–water partition coefficient (Wildman–Crippen LogP) is 1.45. The van der Waals surface area contributed by atoms with Crippen LogP contribution in [-0.2, 0) is 4.79 Å². The van der Waals surface area contributed by atoms with Gasteiger partial charge in [0.15, 0.2) is 5.82 Å². The normalized spacial score (nSPS) is 11.9. The van der Waals surface area contributed by atoms with Crippen molar-refractivity contribution in [1.29, 1.82) is 0 Å². The van der Waals surface area contributed by atoms with Crippen LogP contribution in [0.4, 0.5) is 4.39 Å². The molecule has 1 aromatic rings. The Morgan fingerprint density at radius 3 is 2.89 bits per heavy atom. The van der Waals surface area contributed by atoms with Crippen LogP contribution in [0.1, 0.15) is 30.1 Å². The lowest BCUT2D eigenvalue weighted by atomic mass is 10.1. The highest BCUT2D eigenvalue weighted by Crippen LogP contribution is 2.06. The third-order valence-electron chi connectivity index (χ3n) is 2.48. The standard InChI is InChI=1S/C12H15FN2O3/c1-8(2-3-11(16)17)6-15-12(18)9-4-5-14-7-10(9)13/h4-5,7-8H,2-3,6H2,1H3,(H,15,18)(H,16,17). The number of carboxylic acid groups (broad SMARTS) is 1. The summed E-state index contributed by atoms with van der Waals surface area (Å²) in [6.45, 7) is 2.14. The fourth-order valence-electron chi connectivity index (χ4n) is 1.39. The summed E-state index contributed by atoms with van der Waals surface area (Å²) < 4.78 is 13.2. The summed E-state index contributed by atoms with van der Waals surface area (Å²) in [5.74, 6) is -2.03. The van der Waals surface area contributed by atoms with Crippen molar-refractivity contribution in [2.24, 2.45) is 5.92 Å². The van der Waals surface area contributed by atoms with Gasteiger partial charge in [0.25, 0.3) is 5.91 Å². The zero-order chi connectivity index (χ0) is 13.5. The summed E-state index contributed by atoms with van der Waals surface area (Å²) >= 11 is 0. The molecule has 0 spiro atoms. The Kier molecular flexibility index (Phi) is 5.23. The lowest BCUT2D eigenvalue weighted by Gasteiger charge is -2.11. The lowest BCUT2D eigenvalue weighted by Crippen LogP contribution is -2.29. The largest absolute Gasteiger partial charge is 0.481 e. The average molecular weight is 254 g/mol. The number of aliphatic carboxylic acids is 1. The van der Waals surface area contributed by atoms with Gasteiger partial charge in [0.05, 0.1) is 11.8 Å². The summed E-state index contributed by atoms with van der Waals surface area (Å²) in [6, 6.07) is 1.30. The van der Waals surface area contributed by atoms with Crippen LogP contribution in [-0.4, -0.2) is 28.5 Å². The molecule has 1 rings (SSSR count). The number of amides is 1. The first-order chi connectivity index (χ1) is 8.50. The van der Waals surface area contributed by atoms with Gasteiger partial charge in [-0.25, -0.2) is 4.39 Å². The number of hydrogen-bond acceptors (Lipinski definition) is 3. The molecular weight excluding hydrogens is 239 g/mol. The van der Waals surface area contributed by atoms with E-state index in [2.05, 4.69) is 10.3 Å². The average Bonchev–Trinajstić information content (AvgIpc) is 2.34. The van der Waals surface area contributed by atoms with E-state index in [1.807, 2.05) is 6.92 Å². The van der Waals surface area contributed by atoms with Crippen LogP contribution in [0, 0.1) is 11.7 Å². The Morgan fingerprint density at radius 1 is 1.56 bits per heavy atom. The van der Waals surface area contributed by atoms with Crippen molar-refractivity contribution in [1.82, 2.24) is 10.3 Å². The number of nitrogens with zero attached hydrogens (tertiary/aromatic N) is 1. The van der Waals surface area contributed by atoms with E-state index in [4.69, 9.17) is 5.11 Å². The van der Waals surface area contributed by atoms with Gasteiger partial charge >= 0.3 is 5.97 Å². The number of halogens is 1. The second kappa shape index (κ2) is 6.68. The SMILES string of the molecule is CC(CCC(=O)O)CNC(=O)c1ccncc1F. The van der Waals surface area contributed by atoms with Crippen molar-refractivity contribution >= 4 is 11.9 Å². The first-order valence-electron chi connectivity index (χ1n) is 5.60. The molecule has 0 fully saturated rings. The Balaban J connectivity index is 2.42. The quantitative estimate of drug-likeness (QED) is 0.805. The van der Waals surface area contributed by atoms with Crippen molar-refractivity contribution in [2.45, 2.75) is 19.8 Å². The molecule has 6 heteroatoms. The zero-order valence-electron chi connectivity index (χ0n) is 10.0. The maximum Gasteiger partial charge on any atom is 0.303 e. The molecule has 2 N–H and O–H groups in total. The van der Waals surface area contributed by atoms with Crippen molar-refractivity contribution in [2.75, 3.05) is 6.54 Å². The molecule has 0 radical (unpaired) electrons. The smallest absolute Gasteiger partial charge is 0.303 e. The Bertz CT molecular complexity index is 437.